The highest BCUT2D eigenvalue weighted by Crippen LogP contribution is 1.98. The highest BCUT2D eigenvalue weighted by Gasteiger charge is 2.02. The quantitative estimate of drug-likeness (QED) is 0.504. The lowest BCUT2D eigenvalue weighted by Crippen LogP contribution is -2.41. The molecule has 108 valence electrons. The Balaban J connectivity index is 0. The maximum absolute atomic E-state index is 11.3. The maximum Gasteiger partial charge on any atom is 0.261 e. The van der Waals surface area contributed by atoms with Crippen molar-refractivity contribution >= 4 is 19.7 Å². The molecule has 1 aromatic carbocycles. The Kier molecular flexibility index (Phi) is 15.2. The predicted octanol–water partition coefficient (Wildman–Crippen LogP) is 2.11. The summed E-state index contributed by atoms with van der Waals surface area (Å²) >= 11 is 0. The Morgan fingerprint density at radius 3 is 2.10 bits per heavy atom. The average molecular weight is 274 g/mol. The minimum atomic E-state index is -0.469. The van der Waals surface area contributed by atoms with Crippen molar-refractivity contribution in [2.75, 3.05) is 0 Å². The maximum atomic E-state index is 11.3. The molecule has 0 bridgehead atoms. The predicted molar refractivity (Wildman–Crippen MR) is 84.0 cm³/mol. The summed E-state index contributed by atoms with van der Waals surface area (Å²) in [7, 11) is 5.01. The topological polar surface area (TPSA) is 58.2 Å². The highest BCUT2D eigenvalue weighted by molar-refractivity contribution is 6.19. The van der Waals surface area contributed by atoms with Crippen LogP contribution in [0.4, 0.5) is 0 Å². The SMILES string of the molecule is CC.CC.[B]/C=C\C(=O)NNC(=O)Cc1ccccc1. The van der Waals surface area contributed by atoms with Gasteiger partial charge in [-0.15, -0.1) is 5.98 Å². The molecule has 0 saturated carbocycles. The van der Waals surface area contributed by atoms with Crippen LogP contribution in [0.25, 0.3) is 0 Å². The fraction of sp³-hybridized carbons (Fsp3) is 0.333. The molecular formula is C15H23BN2O2. The van der Waals surface area contributed by atoms with Crippen molar-refractivity contribution in [3.8, 4) is 0 Å². The molecule has 0 atom stereocenters. The third-order valence-electron chi connectivity index (χ3n) is 1.78. The fourth-order valence-corrected chi connectivity index (χ4v) is 1.09. The normalized spacial score (nSPS) is 8.60. The van der Waals surface area contributed by atoms with E-state index in [1.54, 1.807) is 0 Å². The fourth-order valence-electron chi connectivity index (χ4n) is 1.09. The Hall–Kier alpha value is -2.04. The minimum Gasteiger partial charge on any atom is -0.273 e. The van der Waals surface area contributed by atoms with Gasteiger partial charge in [-0.3, -0.25) is 20.4 Å². The van der Waals surface area contributed by atoms with Crippen LogP contribution in [-0.2, 0) is 16.0 Å². The van der Waals surface area contributed by atoms with Gasteiger partial charge in [-0.05, 0) is 11.6 Å². The Bertz CT molecular complexity index is 392. The average Bonchev–Trinajstić information content (AvgIpc) is 2.51. The van der Waals surface area contributed by atoms with Crippen molar-refractivity contribution < 1.29 is 9.59 Å². The van der Waals surface area contributed by atoms with E-state index in [-0.39, 0.29) is 12.3 Å². The molecule has 0 saturated heterocycles. The number of rotatable bonds is 3. The number of carbonyl (C=O) groups is 2. The Morgan fingerprint density at radius 2 is 1.60 bits per heavy atom. The van der Waals surface area contributed by atoms with E-state index in [0.29, 0.717) is 0 Å². The molecule has 2 radical (unpaired) electrons. The van der Waals surface area contributed by atoms with Crippen LogP contribution in [0.3, 0.4) is 0 Å². The molecule has 2 N–H and O–H groups in total. The van der Waals surface area contributed by atoms with Crippen molar-refractivity contribution in [3.63, 3.8) is 0 Å². The smallest absolute Gasteiger partial charge is 0.261 e. The van der Waals surface area contributed by atoms with Gasteiger partial charge in [0.2, 0.25) is 5.91 Å². The molecule has 0 aliphatic heterocycles. The lowest BCUT2D eigenvalue weighted by Gasteiger charge is -2.04. The van der Waals surface area contributed by atoms with Crippen molar-refractivity contribution in [1.82, 2.24) is 10.9 Å². The minimum absolute atomic E-state index is 0.216. The van der Waals surface area contributed by atoms with Gasteiger partial charge in [-0.1, -0.05) is 58.0 Å². The van der Waals surface area contributed by atoms with Gasteiger partial charge >= 0.3 is 0 Å². The molecular weight excluding hydrogens is 251 g/mol. The van der Waals surface area contributed by atoms with Crippen LogP contribution in [0.15, 0.2) is 42.4 Å². The van der Waals surface area contributed by atoms with Crippen LogP contribution in [0, 0.1) is 0 Å². The van der Waals surface area contributed by atoms with E-state index in [0.717, 1.165) is 17.6 Å². The van der Waals surface area contributed by atoms with Crippen LogP contribution >= 0.6 is 0 Å². The number of amides is 2. The molecule has 4 nitrogen and oxygen atoms in total. The first-order valence-electron chi connectivity index (χ1n) is 6.73. The number of hydrogen-bond acceptors (Lipinski definition) is 2. The van der Waals surface area contributed by atoms with E-state index >= 15 is 0 Å². The first kappa shape index (κ1) is 20.3. The first-order chi connectivity index (χ1) is 9.72. The molecule has 0 aliphatic carbocycles. The molecule has 0 heterocycles. The van der Waals surface area contributed by atoms with Crippen LogP contribution < -0.4 is 10.9 Å². The van der Waals surface area contributed by atoms with E-state index in [1.807, 2.05) is 58.0 Å². The van der Waals surface area contributed by atoms with Gasteiger partial charge in [0.05, 0.1) is 6.42 Å². The second-order valence-electron chi connectivity index (χ2n) is 3.06. The summed E-state index contributed by atoms with van der Waals surface area (Å²) in [6, 6.07) is 9.23. The summed E-state index contributed by atoms with van der Waals surface area (Å²) in [4.78, 5) is 22.2. The second-order valence-corrected chi connectivity index (χ2v) is 3.06. The van der Waals surface area contributed by atoms with Crippen molar-refractivity contribution in [1.29, 1.82) is 0 Å². The van der Waals surface area contributed by atoms with E-state index in [9.17, 15) is 9.59 Å². The number of benzene rings is 1. The molecule has 20 heavy (non-hydrogen) atoms. The van der Waals surface area contributed by atoms with E-state index in [2.05, 4.69) is 10.9 Å². The second kappa shape index (κ2) is 15.0. The number of hydrazine groups is 1. The summed E-state index contributed by atoms with van der Waals surface area (Å²) in [6.07, 6.45) is 1.33. The number of hydrogen-bond donors (Lipinski definition) is 2. The van der Waals surface area contributed by atoms with Gasteiger partial charge in [0, 0.05) is 0 Å². The van der Waals surface area contributed by atoms with E-state index < -0.39 is 5.91 Å². The van der Waals surface area contributed by atoms with Gasteiger partial charge in [-0.2, -0.15) is 0 Å². The zero-order valence-electron chi connectivity index (χ0n) is 12.6. The third kappa shape index (κ3) is 11.1. The molecule has 1 aromatic rings. The van der Waals surface area contributed by atoms with Crippen LogP contribution in [0.2, 0.25) is 0 Å². The lowest BCUT2D eigenvalue weighted by atomic mass is 10.1. The van der Waals surface area contributed by atoms with E-state index in [1.165, 1.54) is 0 Å². The molecule has 2 amide bonds. The molecule has 0 spiro atoms. The van der Waals surface area contributed by atoms with Gasteiger partial charge in [-0.25, -0.2) is 0 Å². The number of nitrogens with one attached hydrogen (secondary N) is 2. The van der Waals surface area contributed by atoms with E-state index in [4.69, 9.17) is 7.85 Å². The van der Waals surface area contributed by atoms with Gasteiger partial charge in [0.1, 0.15) is 7.85 Å². The first-order valence-corrected chi connectivity index (χ1v) is 6.73. The zero-order chi connectivity index (χ0) is 15.8. The summed E-state index contributed by atoms with van der Waals surface area (Å²) in [5.74, 6) is 0.340. The molecule has 0 aliphatic rings. The zero-order valence-corrected chi connectivity index (χ0v) is 12.6. The van der Waals surface area contributed by atoms with Crippen molar-refractivity contribution in [3.05, 3.63) is 47.9 Å². The van der Waals surface area contributed by atoms with Crippen molar-refractivity contribution in [2.45, 2.75) is 34.1 Å². The molecule has 0 aromatic heterocycles. The standard InChI is InChI=1S/C11H11BN2O2.2C2H6/c12-7-6-10(15)13-14-11(16)8-9-4-2-1-3-5-9;2*1-2/h1-7H,8H2,(H,13,15)(H,14,16);2*1-2H3/b7-6-;;. The third-order valence-corrected chi connectivity index (χ3v) is 1.78. The highest BCUT2D eigenvalue weighted by atomic mass is 16.2. The van der Waals surface area contributed by atoms with Gasteiger partial charge < -0.3 is 0 Å². The lowest BCUT2D eigenvalue weighted by molar-refractivity contribution is -0.126. The molecule has 1 rings (SSSR count). The van der Waals surface area contributed by atoms with Crippen LogP contribution in [0.5, 0.6) is 0 Å². The summed E-state index contributed by atoms with van der Waals surface area (Å²) in [5.41, 5.74) is 5.35. The van der Waals surface area contributed by atoms with Gasteiger partial charge in [0.25, 0.3) is 5.91 Å². The largest absolute Gasteiger partial charge is 0.273 e. The Morgan fingerprint density at radius 1 is 1.05 bits per heavy atom. The molecule has 0 unspecified atom stereocenters. The summed E-state index contributed by atoms with van der Waals surface area (Å²) in [6.45, 7) is 8.00. The Labute approximate surface area is 123 Å². The monoisotopic (exact) mass is 274 g/mol. The number of carbonyl (C=O) groups excluding carboxylic acids is 2. The summed E-state index contributed by atoms with van der Waals surface area (Å²) in [5, 5.41) is 0. The van der Waals surface area contributed by atoms with Crippen molar-refractivity contribution in [2.24, 2.45) is 0 Å². The van der Waals surface area contributed by atoms with Crippen LogP contribution in [-0.4, -0.2) is 19.7 Å². The summed E-state index contributed by atoms with van der Waals surface area (Å²) < 4.78 is 0. The molecule has 0 fully saturated rings. The van der Waals surface area contributed by atoms with Gasteiger partial charge in [0.15, 0.2) is 0 Å². The molecule has 5 heteroatoms. The van der Waals surface area contributed by atoms with Crippen LogP contribution in [0.1, 0.15) is 33.3 Å².